The molecule has 7 heteroatoms. The van der Waals surface area contributed by atoms with Crippen LogP contribution in [0.25, 0.3) is 0 Å². The number of halogens is 1. The van der Waals surface area contributed by atoms with Crippen molar-refractivity contribution in [3.8, 4) is 0 Å². The van der Waals surface area contributed by atoms with Crippen molar-refractivity contribution in [3.63, 3.8) is 0 Å². The summed E-state index contributed by atoms with van der Waals surface area (Å²) in [7, 11) is 0. The molecule has 21 heavy (non-hydrogen) atoms. The molecule has 0 atom stereocenters. The Morgan fingerprint density at radius 1 is 1.38 bits per heavy atom. The minimum atomic E-state index is -0.446. The van der Waals surface area contributed by atoms with Gasteiger partial charge in [0.1, 0.15) is 16.0 Å². The van der Waals surface area contributed by atoms with Crippen molar-refractivity contribution in [2.24, 2.45) is 0 Å². The summed E-state index contributed by atoms with van der Waals surface area (Å²) in [5.41, 5.74) is -0.446. The number of ether oxygens (including phenoxy) is 1. The van der Waals surface area contributed by atoms with Gasteiger partial charge in [-0.25, -0.2) is 9.78 Å². The van der Waals surface area contributed by atoms with E-state index >= 15 is 0 Å². The van der Waals surface area contributed by atoms with Gasteiger partial charge < -0.3 is 15.0 Å². The molecule has 1 amide bonds. The molecule has 0 aromatic carbocycles. The summed E-state index contributed by atoms with van der Waals surface area (Å²) >= 11 is 3.30. The lowest BCUT2D eigenvalue weighted by Gasteiger charge is -2.33. The summed E-state index contributed by atoms with van der Waals surface area (Å²) < 4.78 is 6.09. The van der Waals surface area contributed by atoms with Gasteiger partial charge >= 0.3 is 6.09 Å². The van der Waals surface area contributed by atoms with Crippen LogP contribution in [0, 0.1) is 0 Å². The topological polar surface area (TPSA) is 67.3 Å². The third-order valence-corrected chi connectivity index (χ3v) is 3.49. The second-order valence-electron chi connectivity index (χ2n) is 6.11. The number of anilines is 1. The number of aromatic nitrogens is 2. The Labute approximate surface area is 133 Å². The second kappa shape index (κ2) is 6.60. The smallest absolute Gasteiger partial charge is 0.410 e. The van der Waals surface area contributed by atoms with Crippen LogP contribution >= 0.6 is 15.9 Å². The molecule has 1 aromatic rings. The fourth-order valence-electron chi connectivity index (χ4n) is 2.15. The molecule has 6 nitrogen and oxygen atoms in total. The molecule has 1 fully saturated rings. The summed E-state index contributed by atoms with van der Waals surface area (Å²) in [6.07, 6.45) is 4.85. The van der Waals surface area contributed by atoms with Crippen molar-refractivity contribution in [3.05, 3.63) is 17.0 Å². The van der Waals surface area contributed by atoms with Gasteiger partial charge in [-0.1, -0.05) is 0 Å². The highest BCUT2D eigenvalue weighted by molar-refractivity contribution is 9.10. The van der Waals surface area contributed by atoms with Crippen molar-refractivity contribution in [2.45, 2.75) is 45.3 Å². The van der Waals surface area contributed by atoms with Crippen LogP contribution in [0.2, 0.25) is 0 Å². The molecule has 2 rings (SSSR count). The SMILES string of the molecule is CC(C)(C)OC(=O)N1CCC(Nc2cncc(Br)n2)CC1. The predicted molar refractivity (Wildman–Crippen MR) is 84.2 cm³/mol. The summed E-state index contributed by atoms with van der Waals surface area (Å²) in [5.74, 6) is 0.750. The highest BCUT2D eigenvalue weighted by atomic mass is 79.9. The van der Waals surface area contributed by atoms with Crippen LogP contribution in [0.5, 0.6) is 0 Å². The van der Waals surface area contributed by atoms with Gasteiger partial charge in [-0.3, -0.25) is 4.98 Å². The number of piperidine rings is 1. The van der Waals surface area contributed by atoms with Crippen molar-refractivity contribution in [1.82, 2.24) is 14.9 Å². The lowest BCUT2D eigenvalue weighted by molar-refractivity contribution is 0.0210. The van der Waals surface area contributed by atoms with Gasteiger partial charge in [-0.2, -0.15) is 0 Å². The summed E-state index contributed by atoms with van der Waals surface area (Å²) in [6.45, 7) is 7.02. The molecule has 0 spiro atoms. The van der Waals surface area contributed by atoms with E-state index in [-0.39, 0.29) is 6.09 Å². The molecule has 0 aliphatic carbocycles. The molecule has 1 aromatic heterocycles. The van der Waals surface area contributed by atoms with Crippen molar-refractivity contribution >= 4 is 27.8 Å². The Hall–Kier alpha value is -1.37. The zero-order valence-electron chi connectivity index (χ0n) is 12.6. The summed E-state index contributed by atoms with van der Waals surface area (Å²) in [4.78, 5) is 22.1. The van der Waals surface area contributed by atoms with Crippen LogP contribution in [0.1, 0.15) is 33.6 Å². The first-order valence-electron chi connectivity index (χ1n) is 7.05. The van der Waals surface area contributed by atoms with E-state index in [2.05, 4.69) is 31.2 Å². The maximum atomic E-state index is 12.0. The Balaban J connectivity index is 1.82. The monoisotopic (exact) mass is 356 g/mol. The highest BCUT2D eigenvalue weighted by Gasteiger charge is 2.26. The number of likely N-dealkylation sites (tertiary alicyclic amines) is 1. The molecule has 1 aliphatic rings. The van der Waals surface area contributed by atoms with Gasteiger partial charge in [0.25, 0.3) is 0 Å². The van der Waals surface area contributed by atoms with E-state index in [1.54, 1.807) is 17.3 Å². The fraction of sp³-hybridized carbons (Fsp3) is 0.643. The first kappa shape index (κ1) is 16.0. The summed E-state index contributed by atoms with van der Waals surface area (Å²) in [6, 6.07) is 0.298. The van der Waals surface area contributed by atoms with Crippen LogP contribution < -0.4 is 5.32 Å². The number of carbonyl (C=O) groups is 1. The molecule has 2 heterocycles. The standard InChI is InChI=1S/C14H21BrN4O2/c1-14(2,3)21-13(20)19-6-4-10(5-7-19)17-12-9-16-8-11(15)18-12/h8-10H,4-7H2,1-3H3,(H,17,18). The van der Waals surface area contributed by atoms with Gasteiger partial charge in [0, 0.05) is 19.1 Å². The molecule has 1 saturated heterocycles. The molecule has 1 N–H and O–H groups in total. The maximum absolute atomic E-state index is 12.0. The van der Waals surface area contributed by atoms with Crippen molar-refractivity contribution in [1.29, 1.82) is 0 Å². The number of hydrogen-bond donors (Lipinski definition) is 1. The zero-order valence-corrected chi connectivity index (χ0v) is 14.2. The number of hydrogen-bond acceptors (Lipinski definition) is 5. The second-order valence-corrected chi connectivity index (χ2v) is 6.93. The van der Waals surface area contributed by atoms with Gasteiger partial charge in [-0.15, -0.1) is 0 Å². The van der Waals surface area contributed by atoms with E-state index in [4.69, 9.17) is 4.74 Å². The Morgan fingerprint density at radius 3 is 2.62 bits per heavy atom. The fourth-order valence-corrected chi connectivity index (χ4v) is 2.46. The Bertz CT molecular complexity index is 496. The highest BCUT2D eigenvalue weighted by Crippen LogP contribution is 2.18. The number of nitrogens with zero attached hydrogens (tertiary/aromatic N) is 3. The van der Waals surface area contributed by atoms with E-state index in [9.17, 15) is 4.79 Å². The molecule has 0 saturated carbocycles. The lowest BCUT2D eigenvalue weighted by Crippen LogP contribution is -2.44. The molecule has 0 radical (unpaired) electrons. The van der Waals surface area contributed by atoms with Crippen LogP contribution in [-0.4, -0.2) is 45.7 Å². The van der Waals surface area contributed by atoms with Gasteiger partial charge in [0.2, 0.25) is 0 Å². The number of rotatable bonds is 2. The number of amides is 1. The average Bonchev–Trinajstić information content (AvgIpc) is 2.37. The number of carbonyl (C=O) groups excluding carboxylic acids is 1. The average molecular weight is 357 g/mol. The lowest BCUT2D eigenvalue weighted by atomic mass is 10.1. The Morgan fingerprint density at radius 2 is 2.05 bits per heavy atom. The third kappa shape index (κ3) is 5.15. The van der Waals surface area contributed by atoms with Gasteiger partial charge in [0.15, 0.2) is 0 Å². The van der Waals surface area contributed by atoms with E-state index in [0.717, 1.165) is 18.7 Å². The van der Waals surface area contributed by atoms with Gasteiger partial charge in [0.05, 0.1) is 12.4 Å². The zero-order chi connectivity index (χ0) is 15.5. The van der Waals surface area contributed by atoms with E-state index in [0.29, 0.717) is 23.7 Å². The normalized spacial score (nSPS) is 16.7. The number of nitrogens with one attached hydrogen (secondary N) is 1. The van der Waals surface area contributed by atoms with Crippen LogP contribution in [0.4, 0.5) is 10.6 Å². The quantitative estimate of drug-likeness (QED) is 0.881. The first-order valence-corrected chi connectivity index (χ1v) is 7.85. The minimum Gasteiger partial charge on any atom is -0.444 e. The molecule has 116 valence electrons. The van der Waals surface area contributed by atoms with Gasteiger partial charge in [-0.05, 0) is 49.5 Å². The summed E-state index contributed by atoms with van der Waals surface area (Å²) in [5, 5.41) is 3.35. The molecule has 0 bridgehead atoms. The molecular formula is C14H21BrN4O2. The van der Waals surface area contributed by atoms with Crippen LogP contribution in [0.3, 0.4) is 0 Å². The maximum Gasteiger partial charge on any atom is 0.410 e. The van der Waals surface area contributed by atoms with Crippen molar-refractivity contribution < 1.29 is 9.53 Å². The van der Waals surface area contributed by atoms with E-state index in [1.165, 1.54) is 0 Å². The molecule has 1 aliphatic heterocycles. The van der Waals surface area contributed by atoms with Crippen LogP contribution in [-0.2, 0) is 4.74 Å². The molecule has 0 unspecified atom stereocenters. The Kier molecular flexibility index (Phi) is 5.03. The van der Waals surface area contributed by atoms with E-state index in [1.807, 2.05) is 20.8 Å². The largest absolute Gasteiger partial charge is 0.444 e. The van der Waals surface area contributed by atoms with Crippen molar-refractivity contribution in [2.75, 3.05) is 18.4 Å². The van der Waals surface area contributed by atoms with E-state index < -0.39 is 5.60 Å². The minimum absolute atomic E-state index is 0.233. The molecular weight excluding hydrogens is 336 g/mol. The third-order valence-electron chi connectivity index (χ3n) is 3.10. The predicted octanol–water partition coefficient (Wildman–Crippen LogP) is 3.05. The first-order chi connectivity index (χ1) is 9.83. The van der Waals surface area contributed by atoms with Crippen LogP contribution in [0.15, 0.2) is 17.0 Å².